The van der Waals surface area contributed by atoms with Crippen LogP contribution in [0.15, 0.2) is 30.3 Å². The van der Waals surface area contributed by atoms with Crippen LogP contribution in [0.5, 0.6) is 0 Å². The van der Waals surface area contributed by atoms with E-state index in [4.69, 9.17) is 9.47 Å². The Kier molecular flexibility index (Phi) is 4.52. The minimum absolute atomic E-state index is 0.231. The Hall–Kier alpha value is -1.88. The van der Waals surface area contributed by atoms with Crippen molar-refractivity contribution in [2.24, 2.45) is 0 Å². The molecule has 1 aromatic rings. The van der Waals surface area contributed by atoms with Crippen LogP contribution in [0.3, 0.4) is 0 Å². The normalized spacial score (nSPS) is 21.9. The first kappa shape index (κ1) is 13.5. The molecule has 5 heteroatoms. The standard InChI is InChI=1S/C14H17NO4/c1-2-15-13(16)12-11(8-9-18-12)19-14(17)10-6-4-3-5-7-10/h3-7,11-12H,2,8-9H2,1H3,(H,15,16). The first-order valence-corrected chi connectivity index (χ1v) is 6.37. The highest BCUT2D eigenvalue weighted by atomic mass is 16.6. The van der Waals surface area contributed by atoms with Gasteiger partial charge in [-0.2, -0.15) is 0 Å². The van der Waals surface area contributed by atoms with Gasteiger partial charge in [0.1, 0.15) is 6.10 Å². The predicted octanol–water partition coefficient (Wildman–Crippen LogP) is 1.14. The Bertz CT molecular complexity index is 446. The molecule has 0 aromatic heterocycles. The van der Waals surface area contributed by atoms with Crippen LogP contribution in [-0.4, -0.2) is 37.2 Å². The number of rotatable bonds is 4. The van der Waals surface area contributed by atoms with E-state index in [9.17, 15) is 9.59 Å². The van der Waals surface area contributed by atoms with Crippen LogP contribution in [0.1, 0.15) is 23.7 Å². The third kappa shape index (κ3) is 3.32. The third-order valence-electron chi connectivity index (χ3n) is 2.91. The molecule has 5 nitrogen and oxygen atoms in total. The van der Waals surface area contributed by atoms with E-state index in [1.807, 2.05) is 13.0 Å². The van der Waals surface area contributed by atoms with Gasteiger partial charge in [-0.15, -0.1) is 0 Å². The summed E-state index contributed by atoms with van der Waals surface area (Å²) in [5, 5.41) is 2.68. The van der Waals surface area contributed by atoms with Gasteiger partial charge in [0.2, 0.25) is 0 Å². The average molecular weight is 263 g/mol. The first-order chi connectivity index (χ1) is 9.22. The molecule has 1 heterocycles. The summed E-state index contributed by atoms with van der Waals surface area (Å²) in [7, 11) is 0. The molecule has 1 amide bonds. The Morgan fingerprint density at radius 3 is 2.79 bits per heavy atom. The number of carbonyl (C=O) groups is 2. The highest BCUT2D eigenvalue weighted by Crippen LogP contribution is 2.19. The lowest BCUT2D eigenvalue weighted by atomic mass is 10.1. The molecule has 0 saturated carbocycles. The number of hydrogen-bond acceptors (Lipinski definition) is 4. The number of benzene rings is 1. The molecule has 2 atom stereocenters. The number of carbonyl (C=O) groups excluding carboxylic acids is 2. The molecule has 0 spiro atoms. The second-order valence-electron chi connectivity index (χ2n) is 4.28. The van der Waals surface area contributed by atoms with Gasteiger partial charge < -0.3 is 14.8 Å². The lowest BCUT2D eigenvalue weighted by molar-refractivity contribution is -0.133. The van der Waals surface area contributed by atoms with E-state index in [0.29, 0.717) is 25.1 Å². The SMILES string of the molecule is CCNC(=O)C1OCCC1OC(=O)c1ccccc1. The summed E-state index contributed by atoms with van der Waals surface area (Å²) in [6, 6.07) is 8.72. The zero-order valence-corrected chi connectivity index (χ0v) is 10.8. The molecule has 1 aliphatic heterocycles. The van der Waals surface area contributed by atoms with Crippen molar-refractivity contribution in [2.45, 2.75) is 25.6 Å². The van der Waals surface area contributed by atoms with Gasteiger partial charge in [-0.1, -0.05) is 18.2 Å². The Balaban J connectivity index is 1.98. The van der Waals surface area contributed by atoms with Gasteiger partial charge >= 0.3 is 5.97 Å². The fourth-order valence-electron chi connectivity index (χ4n) is 1.99. The van der Waals surface area contributed by atoms with Crippen molar-refractivity contribution >= 4 is 11.9 Å². The number of ether oxygens (including phenoxy) is 2. The van der Waals surface area contributed by atoms with Crippen molar-refractivity contribution < 1.29 is 19.1 Å². The van der Waals surface area contributed by atoms with E-state index in [1.165, 1.54) is 0 Å². The molecule has 1 aromatic carbocycles. The second-order valence-corrected chi connectivity index (χ2v) is 4.28. The monoisotopic (exact) mass is 263 g/mol. The van der Waals surface area contributed by atoms with E-state index in [-0.39, 0.29) is 5.91 Å². The lowest BCUT2D eigenvalue weighted by Gasteiger charge is -2.18. The molecule has 1 N–H and O–H groups in total. The van der Waals surface area contributed by atoms with Gasteiger partial charge in [-0.3, -0.25) is 4.79 Å². The zero-order valence-electron chi connectivity index (χ0n) is 10.8. The molecule has 19 heavy (non-hydrogen) atoms. The predicted molar refractivity (Wildman–Crippen MR) is 68.7 cm³/mol. The van der Waals surface area contributed by atoms with Crippen LogP contribution in [0.4, 0.5) is 0 Å². The number of hydrogen-bond donors (Lipinski definition) is 1. The second kappa shape index (κ2) is 6.33. The van der Waals surface area contributed by atoms with Gasteiger partial charge in [0, 0.05) is 13.0 Å². The van der Waals surface area contributed by atoms with Gasteiger partial charge in [0.15, 0.2) is 6.10 Å². The molecule has 1 saturated heterocycles. The van der Waals surface area contributed by atoms with Crippen molar-refractivity contribution in [3.63, 3.8) is 0 Å². The smallest absolute Gasteiger partial charge is 0.338 e. The van der Waals surface area contributed by atoms with E-state index in [1.54, 1.807) is 24.3 Å². The van der Waals surface area contributed by atoms with Crippen molar-refractivity contribution in [3.05, 3.63) is 35.9 Å². The summed E-state index contributed by atoms with van der Waals surface area (Å²) < 4.78 is 10.7. The Morgan fingerprint density at radius 1 is 1.37 bits per heavy atom. The molecule has 1 aliphatic rings. The molecule has 2 rings (SSSR count). The van der Waals surface area contributed by atoms with E-state index in [2.05, 4.69) is 5.32 Å². The largest absolute Gasteiger partial charge is 0.455 e. The molecule has 0 radical (unpaired) electrons. The Labute approximate surface area is 111 Å². The molecular weight excluding hydrogens is 246 g/mol. The minimum Gasteiger partial charge on any atom is -0.455 e. The van der Waals surface area contributed by atoms with Gasteiger partial charge in [0.25, 0.3) is 5.91 Å². The number of likely N-dealkylation sites (N-methyl/N-ethyl adjacent to an activating group) is 1. The molecule has 0 bridgehead atoms. The van der Waals surface area contributed by atoms with E-state index >= 15 is 0 Å². The fraction of sp³-hybridized carbons (Fsp3) is 0.429. The summed E-state index contributed by atoms with van der Waals surface area (Å²) in [4.78, 5) is 23.7. The van der Waals surface area contributed by atoms with Crippen LogP contribution in [-0.2, 0) is 14.3 Å². The highest BCUT2D eigenvalue weighted by molar-refractivity contribution is 5.90. The third-order valence-corrected chi connectivity index (χ3v) is 2.91. The van der Waals surface area contributed by atoms with Gasteiger partial charge in [-0.25, -0.2) is 4.79 Å². The summed E-state index contributed by atoms with van der Waals surface area (Å²) >= 11 is 0. The topological polar surface area (TPSA) is 64.6 Å². The van der Waals surface area contributed by atoms with Crippen LogP contribution in [0, 0.1) is 0 Å². The van der Waals surface area contributed by atoms with E-state index in [0.717, 1.165) is 0 Å². The Morgan fingerprint density at radius 2 is 2.11 bits per heavy atom. The summed E-state index contributed by atoms with van der Waals surface area (Å²) in [5.74, 6) is -0.656. The number of esters is 1. The molecule has 102 valence electrons. The van der Waals surface area contributed by atoms with Crippen LogP contribution in [0.2, 0.25) is 0 Å². The van der Waals surface area contributed by atoms with Crippen LogP contribution < -0.4 is 5.32 Å². The minimum atomic E-state index is -0.701. The van der Waals surface area contributed by atoms with E-state index < -0.39 is 18.2 Å². The fourth-order valence-corrected chi connectivity index (χ4v) is 1.99. The first-order valence-electron chi connectivity index (χ1n) is 6.37. The number of amides is 1. The van der Waals surface area contributed by atoms with Crippen molar-refractivity contribution in [1.29, 1.82) is 0 Å². The van der Waals surface area contributed by atoms with Gasteiger partial charge in [0.05, 0.1) is 12.2 Å². The average Bonchev–Trinajstić information content (AvgIpc) is 2.88. The summed E-state index contributed by atoms with van der Waals surface area (Å²) in [5.41, 5.74) is 0.476. The summed E-state index contributed by atoms with van der Waals surface area (Å²) in [6.45, 7) is 2.78. The highest BCUT2D eigenvalue weighted by Gasteiger charge is 2.36. The maximum atomic E-state index is 11.9. The number of nitrogens with one attached hydrogen (secondary N) is 1. The van der Waals surface area contributed by atoms with Crippen LogP contribution >= 0.6 is 0 Å². The van der Waals surface area contributed by atoms with Crippen molar-refractivity contribution in [3.8, 4) is 0 Å². The molecule has 0 aliphatic carbocycles. The molecular formula is C14H17NO4. The van der Waals surface area contributed by atoms with Gasteiger partial charge in [-0.05, 0) is 19.1 Å². The van der Waals surface area contributed by atoms with Crippen molar-refractivity contribution in [1.82, 2.24) is 5.32 Å². The van der Waals surface area contributed by atoms with Crippen LogP contribution in [0.25, 0.3) is 0 Å². The lowest BCUT2D eigenvalue weighted by Crippen LogP contribution is -2.41. The maximum Gasteiger partial charge on any atom is 0.338 e. The quantitative estimate of drug-likeness (QED) is 0.827. The molecule has 1 fully saturated rings. The maximum absolute atomic E-state index is 11.9. The summed E-state index contributed by atoms with van der Waals surface area (Å²) in [6.07, 6.45) is -0.674. The molecule has 2 unspecified atom stereocenters. The van der Waals surface area contributed by atoms with Crippen molar-refractivity contribution in [2.75, 3.05) is 13.2 Å². The zero-order chi connectivity index (χ0) is 13.7.